The van der Waals surface area contributed by atoms with E-state index >= 15 is 0 Å². The highest BCUT2D eigenvalue weighted by Gasteiger charge is 2.25. The van der Waals surface area contributed by atoms with Gasteiger partial charge in [0.25, 0.3) is 5.56 Å². The summed E-state index contributed by atoms with van der Waals surface area (Å²) in [6, 6.07) is 25.5. The maximum absolute atomic E-state index is 13.1. The summed E-state index contributed by atoms with van der Waals surface area (Å²) in [5.41, 5.74) is 6.17. The average Bonchev–Trinajstić information content (AvgIpc) is 3.00. The van der Waals surface area contributed by atoms with E-state index in [-0.39, 0.29) is 6.54 Å². The number of ether oxygens (including phenoxy) is 3. The molecule has 4 rings (SSSR count). The van der Waals surface area contributed by atoms with Gasteiger partial charge in [0.2, 0.25) is 5.78 Å². The van der Waals surface area contributed by atoms with Crippen molar-refractivity contribution in [1.29, 1.82) is 0 Å². The first kappa shape index (κ1) is 28.6. The first-order valence-electron chi connectivity index (χ1n) is 12.5. The number of nitrogen functional groups attached to an aromatic ring is 1. The Labute approximate surface area is 234 Å². The molecule has 3 aromatic carbocycles. The third-order valence-corrected chi connectivity index (χ3v) is 6.13. The van der Waals surface area contributed by atoms with Gasteiger partial charge in [-0.3, -0.25) is 19.0 Å². The fourth-order valence-electron chi connectivity index (χ4n) is 4.01. The summed E-state index contributed by atoms with van der Waals surface area (Å²) in [5.74, 6) is -2.69. The summed E-state index contributed by atoms with van der Waals surface area (Å²) in [4.78, 5) is 63.3. The van der Waals surface area contributed by atoms with E-state index in [1.165, 1.54) is 0 Å². The van der Waals surface area contributed by atoms with Crippen LogP contribution in [0.3, 0.4) is 0 Å². The molecule has 0 radical (unpaired) electrons. The van der Waals surface area contributed by atoms with E-state index in [9.17, 15) is 24.0 Å². The molecule has 0 aliphatic carbocycles. The van der Waals surface area contributed by atoms with Crippen molar-refractivity contribution in [1.82, 2.24) is 9.13 Å². The molecule has 41 heavy (non-hydrogen) atoms. The molecule has 11 nitrogen and oxygen atoms in total. The minimum atomic E-state index is -1.10. The average molecular weight is 558 g/mol. The number of nitrogens with two attached hydrogens (primary N) is 1. The Hall–Kier alpha value is -5.45. The Morgan fingerprint density at radius 1 is 0.756 bits per heavy atom. The van der Waals surface area contributed by atoms with E-state index in [0.717, 1.165) is 22.8 Å². The Bertz CT molecular complexity index is 1660. The standard InChI is InChI=1S/C30H27N3O8/c1-39-25(35)17-33-29(37)27(28(31)32(30(33)38)16-20-8-4-2-5-9-20)24(34)18-41-26(36)19-40-23-14-12-22(13-15-23)21-10-6-3-7-11-21/h2-15H,16-19,31H2,1H3. The summed E-state index contributed by atoms with van der Waals surface area (Å²) >= 11 is 0. The van der Waals surface area contributed by atoms with Crippen LogP contribution in [0.25, 0.3) is 11.1 Å². The molecule has 1 aromatic heterocycles. The lowest BCUT2D eigenvalue weighted by atomic mass is 10.1. The lowest BCUT2D eigenvalue weighted by Gasteiger charge is -2.16. The predicted molar refractivity (Wildman–Crippen MR) is 150 cm³/mol. The van der Waals surface area contributed by atoms with Crippen molar-refractivity contribution in [3.05, 3.63) is 117 Å². The number of esters is 2. The third kappa shape index (κ3) is 6.95. The Balaban J connectivity index is 1.47. The summed E-state index contributed by atoms with van der Waals surface area (Å²) in [6.07, 6.45) is 0. The zero-order chi connectivity index (χ0) is 29.4. The number of carbonyl (C=O) groups excluding carboxylic acids is 3. The highest BCUT2D eigenvalue weighted by Crippen LogP contribution is 2.22. The zero-order valence-electron chi connectivity index (χ0n) is 22.1. The van der Waals surface area contributed by atoms with Gasteiger partial charge in [0.1, 0.15) is 23.7 Å². The van der Waals surface area contributed by atoms with Gasteiger partial charge in [-0.25, -0.2) is 14.2 Å². The van der Waals surface area contributed by atoms with Crippen LogP contribution in [0.15, 0.2) is 94.5 Å². The van der Waals surface area contributed by atoms with Crippen LogP contribution in [-0.4, -0.2) is 47.2 Å². The number of hydrogen-bond donors (Lipinski definition) is 1. The van der Waals surface area contributed by atoms with Crippen LogP contribution in [0.1, 0.15) is 15.9 Å². The van der Waals surface area contributed by atoms with Crippen molar-refractivity contribution in [3.63, 3.8) is 0 Å². The van der Waals surface area contributed by atoms with Gasteiger partial charge >= 0.3 is 17.6 Å². The molecule has 1 heterocycles. The number of hydrogen-bond acceptors (Lipinski definition) is 9. The number of rotatable bonds is 11. The third-order valence-electron chi connectivity index (χ3n) is 6.13. The van der Waals surface area contributed by atoms with Crippen LogP contribution in [0.4, 0.5) is 5.82 Å². The molecular weight excluding hydrogens is 530 g/mol. The highest BCUT2D eigenvalue weighted by molar-refractivity contribution is 6.01. The molecule has 0 amide bonds. The van der Waals surface area contributed by atoms with Gasteiger partial charge in [0, 0.05) is 0 Å². The van der Waals surface area contributed by atoms with Gasteiger partial charge < -0.3 is 19.9 Å². The second-order valence-electron chi connectivity index (χ2n) is 8.84. The molecule has 0 atom stereocenters. The minimum absolute atomic E-state index is 0.0794. The molecular formula is C30H27N3O8. The van der Waals surface area contributed by atoms with Gasteiger partial charge in [-0.2, -0.15) is 0 Å². The van der Waals surface area contributed by atoms with Crippen LogP contribution < -0.4 is 21.7 Å². The van der Waals surface area contributed by atoms with Gasteiger partial charge in [0.15, 0.2) is 13.2 Å². The van der Waals surface area contributed by atoms with Crippen molar-refractivity contribution in [2.75, 3.05) is 26.1 Å². The molecule has 11 heteroatoms. The fourth-order valence-corrected chi connectivity index (χ4v) is 4.01. The number of nitrogens with zero attached hydrogens (tertiary/aromatic N) is 2. The number of benzene rings is 3. The summed E-state index contributed by atoms with van der Waals surface area (Å²) in [5, 5.41) is 0. The normalized spacial score (nSPS) is 10.6. The van der Waals surface area contributed by atoms with Crippen LogP contribution in [0, 0.1) is 0 Å². The quantitative estimate of drug-likeness (QED) is 0.216. The Morgan fingerprint density at radius 2 is 1.37 bits per heavy atom. The number of ketones is 1. The van der Waals surface area contributed by atoms with Crippen molar-refractivity contribution < 1.29 is 28.6 Å². The highest BCUT2D eigenvalue weighted by atomic mass is 16.6. The van der Waals surface area contributed by atoms with Gasteiger partial charge in [-0.15, -0.1) is 0 Å². The molecule has 0 aliphatic heterocycles. The Morgan fingerprint density at radius 3 is 2.00 bits per heavy atom. The van der Waals surface area contributed by atoms with Gasteiger partial charge in [-0.05, 0) is 28.8 Å². The van der Waals surface area contributed by atoms with Crippen molar-refractivity contribution in [2.24, 2.45) is 0 Å². The van der Waals surface area contributed by atoms with E-state index in [1.54, 1.807) is 42.5 Å². The number of Topliss-reactive ketones (excluding diaryl/α,β-unsaturated/α-hetero) is 1. The topological polar surface area (TPSA) is 149 Å². The number of methoxy groups -OCH3 is 1. The Kier molecular flexibility index (Phi) is 9.10. The molecule has 0 spiro atoms. The molecule has 0 bridgehead atoms. The molecule has 0 saturated carbocycles. The lowest BCUT2D eigenvalue weighted by Crippen LogP contribution is -2.46. The SMILES string of the molecule is COC(=O)Cn1c(=O)c(C(=O)COC(=O)COc2ccc(-c3ccccc3)cc2)c(N)n(Cc2ccccc2)c1=O. The monoisotopic (exact) mass is 557 g/mol. The number of anilines is 1. The maximum atomic E-state index is 13.1. The second kappa shape index (κ2) is 13.1. The van der Waals surface area contributed by atoms with Crippen LogP contribution >= 0.6 is 0 Å². The van der Waals surface area contributed by atoms with Gasteiger partial charge in [-0.1, -0.05) is 72.8 Å². The molecule has 0 fully saturated rings. The molecule has 2 N–H and O–H groups in total. The number of aromatic nitrogens is 2. The summed E-state index contributed by atoms with van der Waals surface area (Å²) in [6.45, 7) is -2.14. The van der Waals surface area contributed by atoms with E-state index in [4.69, 9.17) is 15.2 Å². The second-order valence-corrected chi connectivity index (χ2v) is 8.84. The molecule has 0 saturated heterocycles. The molecule has 0 unspecified atom stereocenters. The smallest absolute Gasteiger partial charge is 0.344 e. The largest absolute Gasteiger partial charge is 0.482 e. The van der Waals surface area contributed by atoms with Crippen LogP contribution in [0.2, 0.25) is 0 Å². The van der Waals surface area contributed by atoms with Crippen molar-refractivity contribution in [3.8, 4) is 16.9 Å². The minimum Gasteiger partial charge on any atom is -0.482 e. The van der Waals surface area contributed by atoms with E-state index < -0.39 is 60.1 Å². The van der Waals surface area contributed by atoms with Crippen LogP contribution in [0.5, 0.6) is 5.75 Å². The number of carbonyl (C=O) groups is 3. The van der Waals surface area contributed by atoms with Crippen molar-refractivity contribution >= 4 is 23.5 Å². The van der Waals surface area contributed by atoms with Crippen LogP contribution in [-0.2, 0) is 32.2 Å². The molecule has 4 aromatic rings. The first-order chi connectivity index (χ1) is 19.8. The van der Waals surface area contributed by atoms with Gasteiger partial charge in [0.05, 0.1) is 13.7 Å². The maximum Gasteiger partial charge on any atom is 0.344 e. The zero-order valence-corrected chi connectivity index (χ0v) is 22.1. The summed E-state index contributed by atoms with van der Waals surface area (Å²) in [7, 11) is 1.10. The first-order valence-corrected chi connectivity index (χ1v) is 12.5. The fraction of sp³-hybridized carbons (Fsp3) is 0.167. The van der Waals surface area contributed by atoms with E-state index in [1.807, 2.05) is 42.5 Å². The lowest BCUT2D eigenvalue weighted by molar-refractivity contribution is -0.145. The molecule has 0 aliphatic rings. The van der Waals surface area contributed by atoms with E-state index in [2.05, 4.69) is 4.74 Å². The van der Waals surface area contributed by atoms with Crippen molar-refractivity contribution in [2.45, 2.75) is 13.1 Å². The van der Waals surface area contributed by atoms with E-state index in [0.29, 0.717) is 15.9 Å². The summed E-state index contributed by atoms with van der Waals surface area (Å²) < 4.78 is 16.6. The molecule has 210 valence electrons. The predicted octanol–water partition coefficient (Wildman–Crippen LogP) is 2.29.